The first-order valence-corrected chi connectivity index (χ1v) is 4.98. The van der Waals surface area contributed by atoms with Gasteiger partial charge in [-0.3, -0.25) is 9.89 Å². The van der Waals surface area contributed by atoms with Gasteiger partial charge in [0.25, 0.3) is 5.91 Å². The minimum atomic E-state index is -0.258. The van der Waals surface area contributed by atoms with Crippen LogP contribution in [0.4, 0.5) is 11.5 Å². The molecule has 0 aliphatic rings. The molecule has 2 aromatic heterocycles. The molecule has 6 nitrogen and oxygen atoms in total. The van der Waals surface area contributed by atoms with E-state index in [9.17, 15) is 4.79 Å². The highest BCUT2D eigenvalue weighted by molar-refractivity contribution is 6.03. The lowest BCUT2D eigenvalue weighted by molar-refractivity contribution is 0.102. The van der Waals surface area contributed by atoms with Gasteiger partial charge in [-0.25, -0.2) is 0 Å². The number of anilines is 2. The van der Waals surface area contributed by atoms with Gasteiger partial charge >= 0.3 is 0 Å². The van der Waals surface area contributed by atoms with Crippen molar-refractivity contribution < 1.29 is 4.79 Å². The molecule has 5 N–H and O–H groups in total. The monoisotopic (exact) mass is 219 g/mol. The number of nitrogens with two attached hydrogens (primary N) is 1. The smallest absolute Gasteiger partial charge is 0.273 e. The normalized spacial score (nSPS) is 10.3. The van der Waals surface area contributed by atoms with Crippen molar-refractivity contribution in [2.45, 2.75) is 13.3 Å². The van der Waals surface area contributed by atoms with Crippen LogP contribution in [0, 0.1) is 0 Å². The average molecular weight is 219 g/mol. The largest absolute Gasteiger partial charge is 0.397 e. The van der Waals surface area contributed by atoms with E-state index in [0.29, 0.717) is 17.2 Å². The van der Waals surface area contributed by atoms with Crippen molar-refractivity contribution >= 4 is 17.4 Å². The zero-order valence-corrected chi connectivity index (χ0v) is 8.87. The Kier molecular flexibility index (Phi) is 2.63. The molecule has 0 spiro atoms. The van der Waals surface area contributed by atoms with E-state index in [4.69, 9.17) is 5.73 Å². The Balaban J connectivity index is 2.07. The number of nitrogen functional groups attached to an aromatic ring is 1. The molecule has 0 atom stereocenters. The highest BCUT2D eigenvalue weighted by Crippen LogP contribution is 2.09. The van der Waals surface area contributed by atoms with E-state index in [1.54, 1.807) is 18.3 Å². The number of amides is 1. The maximum atomic E-state index is 11.7. The lowest BCUT2D eigenvalue weighted by Crippen LogP contribution is -2.12. The third kappa shape index (κ3) is 2.05. The van der Waals surface area contributed by atoms with E-state index in [1.165, 1.54) is 0 Å². The Bertz CT molecular complexity index is 499. The van der Waals surface area contributed by atoms with Gasteiger partial charge in [-0.05, 0) is 12.5 Å². The zero-order valence-electron chi connectivity index (χ0n) is 8.87. The number of H-pyrrole nitrogens is 2. The first kappa shape index (κ1) is 10.3. The van der Waals surface area contributed by atoms with Crippen molar-refractivity contribution in [1.29, 1.82) is 0 Å². The van der Waals surface area contributed by atoms with Crippen molar-refractivity contribution in [2.75, 3.05) is 11.1 Å². The maximum Gasteiger partial charge on any atom is 0.273 e. The topological polar surface area (TPSA) is 99.6 Å². The summed E-state index contributed by atoms with van der Waals surface area (Å²) in [4.78, 5) is 14.4. The summed E-state index contributed by atoms with van der Waals surface area (Å²) in [5.41, 5.74) is 7.42. The minimum absolute atomic E-state index is 0.258. The van der Waals surface area contributed by atoms with Crippen molar-refractivity contribution in [1.82, 2.24) is 15.2 Å². The standard InChI is InChI=1S/C10H13N5O/c1-2-7-4-9(15-14-7)13-10(16)8-3-6(11)5-12-8/h3-5,12H,2,11H2,1H3,(H2,13,14,15,16). The number of nitrogens with one attached hydrogen (secondary N) is 3. The molecular weight excluding hydrogens is 206 g/mol. The number of aromatic amines is 2. The van der Waals surface area contributed by atoms with Crippen LogP contribution in [0.1, 0.15) is 23.1 Å². The highest BCUT2D eigenvalue weighted by atomic mass is 16.1. The fourth-order valence-electron chi connectivity index (χ4n) is 1.33. The summed E-state index contributed by atoms with van der Waals surface area (Å²) in [5, 5.41) is 9.43. The van der Waals surface area contributed by atoms with Crippen molar-refractivity contribution in [2.24, 2.45) is 0 Å². The molecule has 0 radical (unpaired) electrons. The Morgan fingerprint density at radius 1 is 1.56 bits per heavy atom. The fourth-order valence-corrected chi connectivity index (χ4v) is 1.33. The van der Waals surface area contributed by atoms with Crippen molar-refractivity contribution in [3.05, 3.63) is 29.7 Å². The Morgan fingerprint density at radius 3 is 2.94 bits per heavy atom. The maximum absolute atomic E-state index is 11.7. The van der Waals surface area contributed by atoms with Crippen LogP contribution >= 0.6 is 0 Å². The van der Waals surface area contributed by atoms with Crippen LogP contribution in [-0.4, -0.2) is 21.1 Å². The average Bonchev–Trinajstić information content (AvgIpc) is 2.87. The number of nitrogens with zero attached hydrogens (tertiary/aromatic N) is 1. The Morgan fingerprint density at radius 2 is 2.38 bits per heavy atom. The van der Waals surface area contributed by atoms with Crippen LogP contribution in [0.2, 0.25) is 0 Å². The second-order valence-corrected chi connectivity index (χ2v) is 3.43. The van der Waals surface area contributed by atoms with E-state index in [0.717, 1.165) is 12.1 Å². The molecule has 2 heterocycles. The first-order chi connectivity index (χ1) is 7.69. The number of rotatable bonds is 3. The number of hydrogen-bond donors (Lipinski definition) is 4. The van der Waals surface area contributed by atoms with Gasteiger partial charge in [0.1, 0.15) is 5.69 Å². The molecule has 1 amide bonds. The predicted molar refractivity (Wildman–Crippen MR) is 61.1 cm³/mol. The number of carbonyl (C=O) groups is 1. The van der Waals surface area contributed by atoms with Crippen LogP contribution in [-0.2, 0) is 6.42 Å². The molecule has 0 unspecified atom stereocenters. The summed E-state index contributed by atoms with van der Waals surface area (Å²) in [5.74, 6) is 0.251. The van der Waals surface area contributed by atoms with Gasteiger partial charge < -0.3 is 16.0 Å². The lowest BCUT2D eigenvalue weighted by Gasteiger charge is -1.97. The van der Waals surface area contributed by atoms with Crippen LogP contribution in [0.15, 0.2) is 18.3 Å². The molecule has 2 aromatic rings. The predicted octanol–water partition coefficient (Wildman–Crippen LogP) is 1.13. The first-order valence-electron chi connectivity index (χ1n) is 4.98. The highest BCUT2D eigenvalue weighted by Gasteiger charge is 2.09. The van der Waals surface area contributed by atoms with Gasteiger partial charge in [0.15, 0.2) is 5.82 Å². The quantitative estimate of drug-likeness (QED) is 0.622. The zero-order chi connectivity index (χ0) is 11.5. The van der Waals surface area contributed by atoms with Crippen molar-refractivity contribution in [3.8, 4) is 0 Å². The molecule has 0 aromatic carbocycles. The molecule has 0 fully saturated rings. The minimum Gasteiger partial charge on any atom is -0.397 e. The van der Waals surface area contributed by atoms with Crippen molar-refractivity contribution in [3.63, 3.8) is 0 Å². The summed E-state index contributed by atoms with van der Waals surface area (Å²) < 4.78 is 0. The van der Waals surface area contributed by atoms with Gasteiger partial charge in [0, 0.05) is 23.6 Å². The third-order valence-electron chi connectivity index (χ3n) is 2.20. The molecule has 0 bridgehead atoms. The summed E-state index contributed by atoms with van der Waals surface area (Å²) in [6.45, 7) is 2.00. The van der Waals surface area contributed by atoms with Gasteiger partial charge in [0.05, 0.1) is 0 Å². The number of aryl methyl sites for hydroxylation is 1. The second-order valence-electron chi connectivity index (χ2n) is 3.43. The Hall–Kier alpha value is -2.24. The van der Waals surface area contributed by atoms with E-state index in [2.05, 4.69) is 20.5 Å². The van der Waals surface area contributed by atoms with Crippen LogP contribution in [0.5, 0.6) is 0 Å². The van der Waals surface area contributed by atoms with Crippen LogP contribution in [0.25, 0.3) is 0 Å². The third-order valence-corrected chi connectivity index (χ3v) is 2.20. The molecule has 0 saturated carbocycles. The number of hydrogen-bond acceptors (Lipinski definition) is 3. The molecule has 84 valence electrons. The summed E-state index contributed by atoms with van der Waals surface area (Å²) >= 11 is 0. The van der Waals surface area contributed by atoms with E-state index in [1.807, 2.05) is 6.92 Å². The van der Waals surface area contributed by atoms with E-state index in [-0.39, 0.29) is 5.91 Å². The number of aromatic nitrogens is 3. The van der Waals surface area contributed by atoms with Gasteiger partial charge in [-0.1, -0.05) is 6.92 Å². The SMILES string of the molecule is CCc1cc(NC(=O)c2cc(N)c[nH]2)n[nH]1. The molecule has 6 heteroatoms. The van der Waals surface area contributed by atoms with Crippen LogP contribution in [0.3, 0.4) is 0 Å². The number of carbonyl (C=O) groups excluding carboxylic acids is 1. The van der Waals surface area contributed by atoms with Gasteiger partial charge in [-0.2, -0.15) is 5.10 Å². The van der Waals surface area contributed by atoms with E-state index < -0.39 is 0 Å². The van der Waals surface area contributed by atoms with Crippen LogP contribution < -0.4 is 11.1 Å². The Labute approximate surface area is 92.2 Å². The summed E-state index contributed by atoms with van der Waals surface area (Å²) in [6.07, 6.45) is 2.41. The molecule has 2 rings (SSSR count). The molecule has 0 aliphatic carbocycles. The van der Waals surface area contributed by atoms with E-state index >= 15 is 0 Å². The van der Waals surface area contributed by atoms with Gasteiger partial charge in [-0.15, -0.1) is 0 Å². The molecule has 0 aliphatic heterocycles. The molecular formula is C10H13N5O. The summed E-state index contributed by atoms with van der Waals surface area (Å²) in [7, 11) is 0. The molecule has 16 heavy (non-hydrogen) atoms. The lowest BCUT2D eigenvalue weighted by atomic mass is 10.3. The molecule has 0 saturated heterocycles. The summed E-state index contributed by atoms with van der Waals surface area (Å²) in [6, 6.07) is 3.37. The van der Waals surface area contributed by atoms with Gasteiger partial charge in [0.2, 0.25) is 0 Å². The second kappa shape index (κ2) is 4.09. The fraction of sp³-hybridized carbons (Fsp3) is 0.200.